The van der Waals surface area contributed by atoms with Crippen LogP contribution in [0.15, 0.2) is 36.4 Å². The van der Waals surface area contributed by atoms with Gasteiger partial charge in [-0.3, -0.25) is 14.4 Å². The molecule has 1 aliphatic heterocycles. The summed E-state index contributed by atoms with van der Waals surface area (Å²) < 4.78 is 5.27. The van der Waals surface area contributed by atoms with E-state index in [1.54, 1.807) is 26.0 Å². The number of carbonyl (C=O) groups is 3. The number of nitrogens with zero attached hydrogens (tertiary/aromatic N) is 1. The molecule has 2 N–H and O–H groups in total. The first-order chi connectivity index (χ1) is 13.8. The van der Waals surface area contributed by atoms with Crippen LogP contribution in [-0.2, 0) is 14.3 Å². The van der Waals surface area contributed by atoms with Crippen LogP contribution >= 0.6 is 0 Å². The van der Waals surface area contributed by atoms with E-state index < -0.39 is 18.0 Å². The summed E-state index contributed by atoms with van der Waals surface area (Å²) in [5, 5.41) is 5.47. The molecule has 0 unspecified atom stereocenters. The highest BCUT2D eigenvalue weighted by Gasteiger charge is 2.35. The van der Waals surface area contributed by atoms with Gasteiger partial charge in [0.15, 0.2) is 5.78 Å². The molecule has 0 aromatic heterocycles. The number of rotatable bonds is 9. The number of anilines is 1. The van der Waals surface area contributed by atoms with Crippen LogP contribution in [0.2, 0.25) is 0 Å². The maximum atomic E-state index is 12.7. The molecule has 7 nitrogen and oxygen atoms in total. The third-order valence-corrected chi connectivity index (χ3v) is 5.04. The molecule has 1 aromatic rings. The Morgan fingerprint density at radius 2 is 1.86 bits per heavy atom. The second-order valence-corrected chi connectivity index (χ2v) is 7.38. The smallest absolute Gasteiger partial charge is 0.251 e. The number of hydrogen-bond donors (Lipinski definition) is 2. The molecule has 2 rings (SSSR count). The SMILES string of the molecule is C=C(C)C[C@H](NC(=O)c1ccc(N(CC)CC)cc1)C(=O)N[C@@H]1C(=O)CO[C@@H]1C. The molecule has 1 heterocycles. The number of amides is 2. The van der Waals surface area contributed by atoms with Crippen LogP contribution in [0, 0.1) is 0 Å². The van der Waals surface area contributed by atoms with Gasteiger partial charge in [0.2, 0.25) is 5.91 Å². The van der Waals surface area contributed by atoms with Crippen LogP contribution in [0.1, 0.15) is 44.5 Å². The van der Waals surface area contributed by atoms with Crippen molar-refractivity contribution in [1.29, 1.82) is 0 Å². The number of hydrogen-bond acceptors (Lipinski definition) is 5. The minimum Gasteiger partial charge on any atom is -0.372 e. The molecule has 0 saturated carbocycles. The predicted molar refractivity (Wildman–Crippen MR) is 113 cm³/mol. The quantitative estimate of drug-likeness (QED) is 0.619. The first-order valence-corrected chi connectivity index (χ1v) is 10.0. The average Bonchev–Trinajstić information content (AvgIpc) is 3.00. The number of ketones is 1. The van der Waals surface area contributed by atoms with Crippen molar-refractivity contribution in [3.05, 3.63) is 42.0 Å². The molecule has 1 aliphatic rings. The summed E-state index contributed by atoms with van der Waals surface area (Å²) in [5.74, 6) is -0.936. The summed E-state index contributed by atoms with van der Waals surface area (Å²) in [6, 6.07) is 5.77. The number of carbonyl (C=O) groups excluding carboxylic acids is 3. The van der Waals surface area contributed by atoms with Crippen molar-refractivity contribution >= 4 is 23.3 Å². The highest BCUT2D eigenvalue weighted by molar-refractivity contribution is 5.99. The van der Waals surface area contributed by atoms with Crippen LogP contribution in [0.5, 0.6) is 0 Å². The fraction of sp³-hybridized carbons (Fsp3) is 0.500. The Morgan fingerprint density at radius 1 is 1.24 bits per heavy atom. The highest BCUT2D eigenvalue weighted by atomic mass is 16.5. The Morgan fingerprint density at radius 3 is 2.34 bits per heavy atom. The van der Waals surface area contributed by atoms with Crippen molar-refractivity contribution in [1.82, 2.24) is 10.6 Å². The van der Waals surface area contributed by atoms with Gasteiger partial charge >= 0.3 is 0 Å². The number of nitrogens with one attached hydrogen (secondary N) is 2. The lowest BCUT2D eigenvalue weighted by atomic mass is 10.0. The van der Waals surface area contributed by atoms with Gasteiger partial charge in [0, 0.05) is 24.3 Å². The first kappa shape index (κ1) is 22.6. The highest BCUT2D eigenvalue weighted by Crippen LogP contribution is 2.16. The summed E-state index contributed by atoms with van der Waals surface area (Å²) in [7, 11) is 0. The van der Waals surface area contributed by atoms with Crippen LogP contribution in [0.3, 0.4) is 0 Å². The lowest BCUT2D eigenvalue weighted by molar-refractivity contribution is -0.127. The van der Waals surface area contributed by atoms with Crippen molar-refractivity contribution in [3.8, 4) is 0 Å². The van der Waals surface area contributed by atoms with Gasteiger partial charge in [-0.25, -0.2) is 0 Å². The molecule has 0 spiro atoms. The molecule has 3 atom stereocenters. The van der Waals surface area contributed by atoms with Gasteiger partial charge < -0.3 is 20.3 Å². The zero-order valence-corrected chi connectivity index (χ0v) is 17.7. The fourth-order valence-corrected chi connectivity index (χ4v) is 3.32. The van der Waals surface area contributed by atoms with Crippen LogP contribution in [0.25, 0.3) is 0 Å². The molecule has 158 valence electrons. The van der Waals surface area contributed by atoms with E-state index >= 15 is 0 Å². The molecular formula is C22H31N3O4. The summed E-state index contributed by atoms with van der Waals surface area (Å²) in [6.07, 6.45) is -0.106. The van der Waals surface area contributed by atoms with Gasteiger partial charge in [0.05, 0.1) is 6.10 Å². The summed E-state index contributed by atoms with van der Waals surface area (Å²) in [5.41, 5.74) is 2.26. The molecule has 0 aliphatic carbocycles. The molecule has 0 bridgehead atoms. The van der Waals surface area contributed by atoms with Crippen molar-refractivity contribution < 1.29 is 19.1 Å². The second kappa shape index (κ2) is 10.2. The van der Waals surface area contributed by atoms with E-state index in [-0.39, 0.29) is 30.8 Å². The molecule has 2 amide bonds. The van der Waals surface area contributed by atoms with Crippen LogP contribution in [0.4, 0.5) is 5.69 Å². The third kappa shape index (κ3) is 5.90. The second-order valence-electron chi connectivity index (χ2n) is 7.38. The first-order valence-electron chi connectivity index (χ1n) is 10.0. The number of ether oxygens (including phenoxy) is 1. The van der Waals surface area contributed by atoms with Crippen molar-refractivity contribution in [2.45, 2.75) is 52.3 Å². The van der Waals surface area contributed by atoms with E-state index in [2.05, 4.69) is 36.0 Å². The lowest BCUT2D eigenvalue weighted by Crippen LogP contribution is -2.53. The third-order valence-electron chi connectivity index (χ3n) is 5.04. The molecule has 1 saturated heterocycles. The zero-order valence-electron chi connectivity index (χ0n) is 17.7. The zero-order chi connectivity index (χ0) is 21.6. The Hall–Kier alpha value is -2.67. The minimum absolute atomic E-state index is 0.0114. The van der Waals surface area contributed by atoms with Crippen LogP contribution < -0.4 is 15.5 Å². The molecule has 0 radical (unpaired) electrons. The van der Waals surface area contributed by atoms with Crippen molar-refractivity contribution in [2.24, 2.45) is 0 Å². The summed E-state index contributed by atoms with van der Waals surface area (Å²) >= 11 is 0. The predicted octanol–water partition coefficient (Wildman–Crippen LogP) is 2.07. The standard InChI is InChI=1S/C22H31N3O4/c1-6-25(7-2)17-10-8-16(9-11-17)21(27)23-18(12-14(3)4)22(28)24-20-15(5)29-13-19(20)26/h8-11,15,18,20H,3,6-7,12-13H2,1-2,4-5H3,(H,23,27)(H,24,28)/t15-,18+,20+/m1/s1. The van der Waals surface area contributed by atoms with Gasteiger partial charge in [0.1, 0.15) is 18.7 Å². The van der Waals surface area contributed by atoms with Gasteiger partial charge in [0.25, 0.3) is 5.91 Å². The topological polar surface area (TPSA) is 87.7 Å². The summed E-state index contributed by atoms with van der Waals surface area (Å²) in [4.78, 5) is 39.5. The van der Waals surface area contributed by atoms with E-state index in [0.29, 0.717) is 5.56 Å². The van der Waals surface area contributed by atoms with E-state index in [9.17, 15) is 14.4 Å². The number of Topliss-reactive ketones (excluding diaryl/α,β-unsaturated/α-hetero) is 1. The Balaban J connectivity index is 2.08. The monoisotopic (exact) mass is 401 g/mol. The normalized spacial score (nSPS) is 19.5. The Labute approximate surface area is 172 Å². The fourth-order valence-electron chi connectivity index (χ4n) is 3.32. The maximum absolute atomic E-state index is 12.7. The molecular weight excluding hydrogens is 370 g/mol. The Bertz CT molecular complexity index is 756. The van der Waals surface area contributed by atoms with E-state index in [1.165, 1.54) is 0 Å². The average molecular weight is 402 g/mol. The van der Waals surface area contributed by atoms with Crippen molar-refractivity contribution in [3.63, 3.8) is 0 Å². The number of benzene rings is 1. The largest absolute Gasteiger partial charge is 0.372 e. The van der Waals surface area contributed by atoms with Gasteiger partial charge in [-0.15, -0.1) is 6.58 Å². The van der Waals surface area contributed by atoms with Crippen molar-refractivity contribution in [2.75, 3.05) is 24.6 Å². The lowest BCUT2D eigenvalue weighted by Gasteiger charge is -2.23. The minimum atomic E-state index is -0.817. The van der Waals surface area contributed by atoms with Gasteiger partial charge in [-0.1, -0.05) is 5.57 Å². The van der Waals surface area contributed by atoms with Gasteiger partial charge in [-0.05, 0) is 58.4 Å². The molecule has 1 fully saturated rings. The summed E-state index contributed by atoms with van der Waals surface area (Å²) in [6.45, 7) is 13.3. The van der Waals surface area contributed by atoms with E-state index in [0.717, 1.165) is 24.4 Å². The Kier molecular flexibility index (Phi) is 7.96. The molecule has 29 heavy (non-hydrogen) atoms. The molecule has 1 aromatic carbocycles. The van der Waals surface area contributed by atoms with E-state index in [1.807, 2.05) is 12.1 Å². The van der Waals surface area contributed by atoms with Crippen LogP contribution in [-0.4, -0.2) is 55.5 Å². The molecule has 7 heteroatoms. The van der Waals surface area contributed by atoms with E-state index in [4.69, 9.17) is 4.74 Å². The maximum Gasteiger partial charge on any atom is 0.251 e. The van der Waals surface area contributed by atoms with Gasteiger partial charge in [-0.2, -0.15) is 0 Å².